The topological polar surface area (TPSA) is 26.3 Å². The summed E-state index contributed by atoms with van der Waals surface area (Å²) in [7, 11) is 0. The second kappa shape index (κ2) is 5.64. The standard InChI is InChI=1S/C13H8BrIO2/c14-9-5-7-10(8-6-9)17-13(16)11-3-1-2-4-12(11)15/h1-8H. The van der Waals surface area contributed by atoms with E-state index in [1.807, 2.05) is 30.3 Å². The summed E-state index contributed by atoms with van der Waals surface area (Å²) in [5.41, 5.74) is 0.580. The molecule has 4 heteroatoms. The molecule has 0 spiro atoms. The van der Waals surface area contributed by atoms with Crippen LogP contribution in [0.3, 0.4) is 0 Å². The van der Waals surface area contributed by atoms with Crippen LogP contribution in [0.4, 0.5) is 0 Å². The number of rotatable bonds is 2. The third-order valence-electron chi connectivity index (χ3n) is 2.12. The van der Waals surface area contributed by atoms with Gasteiger partial charge >= 0.3 is 5.97 Å². The minimum absolute atomic E-state index is 0.336. The fraction of sp³-hybridized carbons (Fsp3) is 0. The van der Waals surface area contributed by atoms with Crippen LogP contribution in [0.1, 0.15) is 10.4 Å². The minimum atomic E-state index is -0.336. The highest BCUT2D eigenvalue weighted by Crippen LogP contribution is 2.19. The van der Waals surface area contributed by atoms with Crippen LogP contribution in [-0.4, -0.2) is 5.97 Å². The van der Waals surface area contributed by atoms with Gasteiger partial charge in [-0.1, -0.05) is 28.1 Å². The molecule has 0 atom stereocenters. The van der Waals surface area contributed by atoms with Crippen LogP contribution in [0.25, 0.3) is 0 Å². The molecule has 2 rings (SSSR count). The van der Waals surface area contributed by atoms with E-state index in [1.165, 1.54) is 0 Å². The zero-order valence-corrected chi connectivity index (χ0v) is 12.4. The van der Waals surface area contributed by atoms with E-state index in [0.717, 1.165) is 8.04 Å². The number of carbonyl (C=O) groups excluding carboxylic acids is 1. The monoisotopic (exact) mass is 402 g/mol. The second-order valence-electron chi connectivity index (χ2n) is 3.32. The van der Waals surface area contributed by atoms with Crippen LogP contribution < -0.4 is 4.74 Å². The van der Waals surface area contributed by atoms with E-state index < -0.39 is 0 Å². The molecule has 2 nitrogen and oxygen atoms in total. The molecule has 0 saturated carbocycles. The number of halogens is 2. The molecule has 0 radical (unpaired) electrons. The molecule has 0 fully saturated rings. The van der Waals surface area contributed by atoms with Crippen molar-refractivity contribution in [3.63, 3.8) is 0 Å². The zero-order valence-electron chi connectivity index (χ0n) is 8.69. The Kier molecular flexibility index (Phi) is 4.17. The lowest BCUT2D eigenvalue weighted by Gasteiger charge is -2.05. The predicted octanol–water partition coefficient (Wildman–Crippen LogP) is 4.27. The highest BCUT2D eigenvalue weighted by Gasteiger charge is 2.11. The molecule has 0 saturated heterocycles. The second-order valence-corrected chi connectivity index (χ2v) is 5.40. The molecule has 17 heavy (non-hydrogen) atoms. The maximum Gasteiger partial charge on any atom is 0.344 e. The Morgan fingerprint density at radius 1 is 1.06 bits per heavy atom. The van der Waals surface area contributed by atoms with Gasteiger partial charge in [0.25, 0.3) is 0 Å². The molecule has 86 valence electrons. The smallest absolute Gasteiger partial charge is 0.344 e. The first-order chi connectivity index (χ1) is 8.16. The Morgan fingerprint density at radius 2 is 1.71 bits per heavy atom. The van der Waals surface area contributed by atoms with Crippen molar-refractivity contribution in [3.05, 3.63) is 62.1 Å². The van der Waals surface area contributed by atoms with Crippen molar-refractivity contribution in [3.8, 4) is 5.75 Å². The molecule has 0 aliphatic heterocycles. The lowest BCUT2D eigenvalue weighted by molar-refractivity contribution is 0.0733. The van der Waals surface area contributed by atoms with Crippen LogP contribution in [0.5, 0.6) is 5.75 Å². The van der Waals surface area contributed by atoms with Crippen molar-refractivity contribution >= 4 is 44.5 Å². The van der Waals surface area contributed by atoms with Crippen LogP contribution in [0.2, 0.25) is 0 Å². The summed E-state index contributed by atoms with van der Waals surface area (Å²) in [4.78, 5) is 11.9. The Morgan fingerprint density at radius 3 is 2.35 bits per heavy atom. The number of hydrogen-bond donors (Lipinski definition) is 0. The van der Waals surface area contributed by atoms with Crippen LogP contribution >= 0.6 is 38.5 Å². The summed E-state index contributed by atoms with van der Waals surface area (Å²) >= 11 is 5.44. The highest BCUT2D eigenvalue weighted by atomic mass is 127. The molecular formula is C13H8BrIO2. The minimum Gasteiger partial charge on any atom is -0.423 e. The van der Waals surface area contributed by atoms with Gasteiger partial charge in [0.2, 0.25) is 0 Å². The van der Waals surface area contributed by atoms with Crippen molar-refractivity contribution in [2.24, 2.45) is 0 Å². The first kappa shape index (κ1) is 12.6. The van der Waals surface area contributed by atoms with Gasteiger partial charge in [-0.2, -0.15) is 0 Å². The summed E-state index contributed by atoms with van der Waals surface area (Å²) in [6.07, 6.45) is 0. The van der Waals surface area contributed by atoms with E-state index in [0.29, 0.717) is 11.3 Å². The van der Waals surface area contributed by atoms with Crippen molar-refractivity contribution in [2.75, 3.05) is 0 Å². The number of hydrogen-bond acceptors (Lipinski definition) is 2. The molecule has 0 aromatic heterocycles. The van der Waals surface area contributed by atoms with Gasteiger partial charge in [-0.15, -0.1) is 0 Å². The molecule has 0 N–H and O–H groups in total. The van der Waals surface area contributed by atoms with Crippen LogP contribution in [0.15, 0.2) is 53.0 Å². The Labute approximate surface area is 121 Å². The first-order valence-electron chi connectivity index (χ1n) is 4.89. The van der Waals surface area contributed by atoms with E-state index in [1.54, 1.807) is 18.2 Å². The van der Waals surface area contributed by atoms with E-state index in [9.17, 15) is 4.79 Å². The van der Waals surface area contributed by atoms with Gasteiger partial charge in [0, 0.05) is 8.04 Å². The van der Waals surface area contributed by atoms with Crippen molar-refractivity contribution in [1.29, 1.82) is 0 Å². The summed E-state index contributed by atoms with van der Waals surface area (Å²) in [6.45, 7) is 0. The van der Waals surface area contributed by atoms with Crippen molar-refractivity contribution in [2.45, 2.75) is 0 Å². The molecule has 0 unspecified atom stereocenters. The maximum absolute atomic E-state index is 11.9. The molecular weight excluding hydrogens is 395 g/mol. The number of ether oxygens (including phenoxy) is 1. The molecule has 0 bridgehead atoms. The van der Waals surface area contributed by atoms with E-state index >= 15 is 0 Å². The lowest BCUT2D eigenvalue weighted by atomic mass is 10.2. The molecule has 0 amide bonds. The quantitative estimate of drug-likeness (QED) is 0.426. The van der Waals surface area contributed by atoms with Gasteiger partial charge < -0.3 is 4.74 Å². The Bertz CT molecular complexity index is 537. The summed E-state index contributed by atoms with van der Waals surface area (Å²) in [5.74, 6) is 0.204. The van der Waals surface area contributed by atoms with Crippen LogP contribution in [-0.2, 0) is 0 Å². The Balaban J connectivity index is 2.17. The largest absolute Gasteiger partial charge is 0.423 e. The third kappa shape index (κ3) is 3.29. The van der Waals surface area contributed by atoms with Crippen LogP contribution in [0, 0.1) is 3.57 Å². The fourth-order valence-corrected chi connectivity index (χ4v) is 2.16. The zero-order chi connectivity index (χ0) is 12.3. The average molecular weight is 403 g/mol. The fourth-order valence-electron chi connectivity index (χ4n) is 1.29. The van der Waals surface area contributed by atoms with Gasteiger partial charge in [0.05, 0.1) is 5.56 Å². The van der Waals surface area contributed by atoms with Gasteiger partial charge in [0.1, 0.15) is 5.75 Å². The molecule has 2 aromatic rings. The SMILES string of the molecule is O=C(Oc1ccc(Br)cc1)c1ccccc1I. The van der Waals surface area contributed by atoms with Gasteiger partial charge in [0.15, 0.2) is 0 Å². The molecule has 0 aliphatic carbocycles. The van der Waals surface area contributed by atoms with E-state index in [-0.39, 0.29) is 5.97 Å². The van der Waals surface area contributed by atoms with E-state index in [4.69, 9.17) is 4.74 Å². The lowest BCUT2D eigenvalue weighted by Crippen LogP contribution is -2.09. The number of benzene rings is 2. The van der Waals surface area contributed by atoms with E-state index in [2.05, 4.69) is 38.5 Å². The van der Waals surface area contributed by atoms with Gasteiger partial charge in [-0.05, 0) is 59.0 Å². The summed E-state index contributed by atoms with van der Waals surface area (Å²) < 4.78 is 7.10. The molecule has 0 heterocycles. The Hall–Kier alpha value is -0.880. The molecule has 0 aliphatic rings. The first-order valence-corrected chi connectivity index (χ1v) is 6.76. The normalized spacial score (nSPS) is 10.0. The van der Waals surface area contributed by atoms with Gasteiger partial charge in [-0.25, -0.2) is 4.79 Å². The highest BCUT2D eigenvalue weighted by molar-refractivity contribution is 14.1. The van der Waals surface area contributed by atoms with Crippen molar-refractivity contribution in [1.82, 2.24) is 0 Å². The maximum atomic E-state index is 11.9. The predicted molar refractivity (Wildman–Crippen MR) is 78.3 cm³/mol. The number of carbonyl (C=O) groups is 1. The summed E-state index contributed by atoms with van der Waals surface area (Å²) in [6, 6.07) is 14.5. The van der Waals surface area contributed by atoms with Gasteiger partial charge in [-0.3, -0.25) is 0 Å². The van der Waals surface area contributed by atoms with Crippen molar-refractivity contribution < 1.29 is 9.53 Å². The summed E-state index contributed by atoms with van der Waals surface area (Å²) in [5, 5.41) is 0. The average Bonchev–Trinajstić information content (AvgIpc) is 2.32. The molecule has 2 aromatic carbocycles. The number of esters is 1. The third-order valence-corrected chi connectivity index (χ3v) is 3.59.